The lowest BCUT2D eigenvalue weighted by atomic mass is 10.0. The first kappa shape index (κ1) is 13.8. The van der Waals surface area contributed by atoms with Crippen LogP contribution in [0.3, 0.4) is 0 Å². The molecule has 1 heterocycles. The Balaban J connectivity index is 2.40. The van der Waals surface area contributed by atoms with E-state index in [4.69, 9.17) is 23.2 Å². The molecule has 90 valence electrons. The first-order valence-electron chi connectivity index (χ1n) is 4.57. The zero-order valence-electron chi connectivity index (χ0n) is 8.25. The van der Waals surface area contributed by atoms with Gasteiger partial charge in [-0.1, -0.05) is 29.3 Å². The number of thiophene rings is 1. The lowest BCUT2D eigenvalue weighted by molar-refractivity contribution is 0.220. The quantitative estimate of drug-likeness (QED) is 0.669. The van der Waals surface area contributed by atoms with Crippen molar-refractivity contribution < 1.29 is 5.11 Å². The van der Waals surface area contributed by atoms with Crippen molar-refractivity contribution in [1.82, 2.24) is 0 Å². The zero-order chi connectivity index (χ0) is 12.6. The predicted molar refractivity (Wildman–Crippen MR) is 80.2 cm³/mol. The third-order valence-electron chi connectivity index (χ3n) is 2.24. The summed E-state index contributed by atoms with van der Waals surface area (Å²) in [6.45, 7) is 0. The smallest absolute Gasteiger partial charge is 0.106 e. The Kier molecular flexibility index (Phi) is 4.55. The summed E-state index contributed by atoms with van der Waals surface area (Å²) in [5.74, 6) is 0. The predicted octanol–water partition coefficient (Wildman–Crippen LogP) is 5.66. The highest BCUT2D eigenvalue weighted by Crippen LogP contribution is 2.38. The monoisotopic (exact) mass is 414 g/mol. The van der Waals surface area contributed by atoms with E-state index in [1.807, 2.05) is 6.07 Å². The molecule has 1 unspecified atom stereocenters. The average Bonchev–Trinajstić information content (AvgIpc) is 2.61. The van der Waals surface area contributed by atoms with Gasteiger partial charge in [0.05, 0.1) is 17.6 Å². The van der Waals surface area contributed by atoms with Gasteiger partial charge in [-0.05, 0) is 55.6 Å². The van der Waals surface area contributed by atoms with Gasteiger partial charge in [-0.2, -0.15) is 0 Å². The molecule has 0 aliphatic rings. The standard InChI is InChI=1S/C11H6Br2Cl2OS/c12-9-4-6(11(13)17-9)10(16)5-1-2-7(14)8(15)3-5/h1-4,10,16H. The highest BCUT2D eigenvalue weighted by atomic mass is 79.9. The largest absolute Gasteiger partial charge is 0.384 e. The van der Waals surface area contributed by atoms with Gasteiger partial charge in [-0.25, -0.2) is 0 Å². The minimum atomic E-state index is -0.721. The molecule has 0 radical (unpaired) electrons. The summed E-state index contributed by atoms with van der Waals surface area (Å²) in [4.78, 5) is 0. The van der Waals surface area contributed by atoms with Crippen LogP contribution in [0.1, 0.15) is 17.2 Å². The van der Waals surface area contributed by atoms with Crippen molar-refractivity contribution in [3.63, 3.8) is 0 Å². The van der Waals surface area contributed by atoms with Gasteiger partial charge in [0.25, 0.3) is 0 Å². The van der Waals surface area contributed by atoms with Crippen LogP contribution in [0.2, 0.25) is 10.0 Å². The third kappa shape index (κ3) is 3.06. The molecule has 1 nitrogen and oxygen atoms in total. The van der Waals surface area contributed by atoms with Crippen LogP contribution in [-0.2, 0) is 0 Å². The molecule has 0 spiro atoms. The Morgan fingerprint density at radius 1 is 1.12 bits per heavy atom. The van der Waals surface area contributed by atoms with Gasteiger partial charge in [0.1, 0.15) is 6.10 Å². The maximum Gasteiger partial charge on any atom is 0.106 e. The summed E-state index contributed by atoms with van der Waals surface area (Å²) in [6, 6.07) is 6.99. The Morgan fingerprint density at radius 2 is 1.82 bits per heavy atom. The van der Waals surface area contributed by atoms with Crippen LogP contribution < -0.4 is 0 Å². The Morgan fingerprint density at radius 3 is 2.35 bits per heavy atom. The van der Waals surface area contributed by atoms with E-state index >= 15 is 0 Å². The van der Waals surface area contributed by atoms with Crippen molar-refractivity contribution in [3.05, 3.63) is 53.0 Å². The lowest BCUT2D eigenvalue weighted by Crippen LogP contribution is -1.98. The molecule has 1 aromatic carbocycles. The van der Waals surface area contributed by atoms with E-state index in [-0.39, 0.29) is 0 Å². The van der Waals surface area contributed by atoms with Gasteiger partial charge in [-0.15, -0.1) is 11.3 Å². The molecule has 1 aromatic heterocycles. The summed E-state index contributed by atoms with van der Waals surface area (Å²) in [7, 11) is 0. The molecular weight excluding hydrogens is 411 g/mol. The topological polar surface area (TPSA) is 20.2 Å². The van der Waals surface area contributed by atoms with Crippen molar-refractivity contribution in [2.75, 3.05) is 0 Å². The number of aliphatic hydroxyl groups is 1. The number of rotatable bonds is 2. The molecule has 2 rings (SSSR count). The van der Waals surface area contributed by atoms with Crippen LogP contribution in [0.5, 0.6) is 0 Å². The van der Waals surface area contributed by atoms with Gasteiger partial charge in [0.2, 0.25) is 0 Å². The second kappa shape index (κ2) is 5.59. The maximum atomic E-state index is 10.3. The van der Waals surface area contributed by atoms with E-state index < -0.39 is 6.10 Å². The Labute approximate surface area is 130 Å². The molecule has 0 fully saturated rings. The molecule has 6 heteroatoms. The third-order valence-corrected chi connectivity index (χ3v) is 5.36. The fourth-order valence-electron chi connectivity index (χ4n) is 1.40. The highest BCUT2D eigenvalue weighted by molar-refractivity contribution is 9.12. The van der Waals surface area contributed by atoms with Crippen LogP contribution in [0.25, 0.3) is 0 Å². The van der Waals surface area contributed by atoms with Crippen LogP contribution in [0.15, 0.2) is 31.8 Å². The first-order valence-corrected chi connectivity index (χ1v) is 7.72. The molecule has 17 heavy (non-hydrogen) atoms. The molecule has 1 atom stereocenters. The highest BCUT2D eigenvalue weighted by Gasteiger charge is 2.17. The van der Waals surface area contributed by atoms with Gasteiger partial charge in [0, 0.05) is 5.56 Å². The Hall–Kier alpha value is 0.420. The molecular formula is C11H6Br2Cl2OS. The normalized spacial score (nSPS) is 12.8. The molecule has 0 aliphatic heterocycles. The van der Waals surface area contributed by atoms with Gasteiger partial charge >= 0.3 is 0 Å². The summed E-state index contributed by atoms with van der Waals surface area (Å²) >= 11 is 20.1. The van der Waals surface area contributed by atoms with Crippen LogP contribution in [0.4, 0.5) is 0 Å². The molecule has 0 saturated heterocycles. The van der Waals surface area contributed by atoms with Gasteiger partial charge < -0.3 is 5.11 Å². The van der Waals surface area contributed by atoms with Crippen molar-refractivity contribution >= 4 is 66.4 Å². The first-order chi connectivity index (χ1) is 7.99. The Bertz CT molecular complexity index is 556. The van der Waals surface area contributed by atoms with Crippen LogP contribution >= 0.6 is 66.4 Å². The summed E-state index contributed by atoms with van der Waals surface area (Å²) < 4.78 is 1.85. The maximum absolute atomic E-state index is 10.3. The number of aliphatic hydroxyl groups excluding tert-OH is 1. The minimum absolute atomic E-state index is 0.439. The fourth-order valence-corrected chi connectivity index (χ4v) is 4.59. The van der Waals surface area contributed by atoms with Crippen molar-refractivity contribution in [2.45, 2.75) is 6.10 Å². The number of hydrogen-bond donors (Lipinski definition) is 1. The van der Waals surface area contributed by atoms with E-state index in [0.29, 0.717) is 15.6 Å². The second-order valence-electron chi connectivity index (χ2n) is 3.36. The molecule has 1 N–H and O–H groups in total. The number of halogens is 4. The van der Waals surface area contributed by atoms with E-state index in [1.165, 1.54) is 11.3 Å². The number of benzene rings is 1. The molecule has 0 saturated carbocycles. The SMILES string of the molecule is OC(c1ccc(Cl)c(Cl)c1)c1cc(Br)sc1Br. The summed E-state index contributed by atoms with van der Waals surface area (Å²) in [5, 5.41) is 11.2. The van der Waals surface area contributed by atoms with Crippen molar-refractivity contribution in [2.24, 2.45) is 0 Å². The van der Waals surface area contributed by atoms with Crippen molar-refractivity contribution in [3.8, 4) is 0 Å². The van der Waals surface area contributed by atoms with E-state index in [9.17, 15) is 5.11 Å². The van der Waals surface area contributed by atoms with Crippen LogP contribution in [0, 0.1) is 0 Å². The molecule has 2 aromatic rings. The summed E-state index contributed by atoms with van der Waals surface area (Å²) in [5.41, 5.74) is 1.52. The van der Waals surface area contributed by atoms with E-state index in [2.05, 4.69) is 31.9 Å². The van der Waals surface area contributed by atoms with Crippen molar-refractivity contribution in [1.29, 1.82) is 0 Å². The number of hydrogen-bond acceptors (Lipinski definition) is 2. The second-order valence-corrected chi connectivity index (χ2v) is 7.92. The van der Waals surface area contributed by atoms with Crippen LogP contribution in [-0.4, -0.2) is 5.11 Å². The molecule has 0 aliphatic carbocycles. The minimum Gasteiger partial charge on any atom is -0.384 e. The fraction of sp³-hybridized carbons (Fsp3) is 0.0909. The van der Waals surface area contributed by atoms with Gasteiger partial charge in [0.15, 0.2) is 0 Å². The van der Waals surface area contributed by atoms with E-state index in [1.54, 1.807) is 18.2 Å². The summed E-state index contributed by atoms with van der Waals surface area (Å²) in [6.07, 6.45) is -0.721. The van der Waals surface area contributed by atoms with Gasteiger partial charge in [-0.3, -0.25) is 0 Å². The molecule has 0 amide bonds. The zero-order valence-corrected chi connectivity index (χ0v) is 13.8. The molecule has 0 bridgehead atoms. The lowest BCUT2D eigenvalue weighted by Gasteiger charge is -2.11. The average molecular weight is 417 g/mol. The van der Waals surface area contributed by atoms with E-state index in [0.717, 1.165) is 13.1 Å².